The van der Waals surface area contributed by atoms with Crippen LogP contribution in [0.25, 0.3) is 0 Å². The molecule has 25 heavy (non-hydrogen) atoms. The van der Waals surface area contributed by atoms with Crippen molar-refractivity contribution in [3.05, 3.63) is 46.8 Å². The number of ether oxygens (including phenoxy) is 1. The molecule has 0 spiro atoms. The van der Waals surface area contributed by atoms with Crippen LogP contribution < -0.4 is 4.74 Å². The van der Waals surface area contributed by atoms with Gasteiger partial charge in [-0.15, -0.1) is 0 Å². The number of benzene rings is 1. The van der Waals surface area contributed by atoms with E-state index in [1.807, 2.05) is 36.9 Å². The molecule has 132 valence electrons. The molecule has 4 rings (SSSR count). The number of para-hydroxylation sites is 1. The van der Waals surface area contributed by atoms with Crippen molar-refractivity contribution < 1.29 is 9.53 Å². The minimum Gasteiger partial charge on any atom is -0.492 e. The minimum atomic E-state index is -0.0900. The SMILES string of the molecule is Cc1nn(C)c(C)c1CN(C(=O)[C@H]1COc2ccccc2C1)C1CC1. The Morgan fingerprint density at radius 3 is 2.76 bits per heavy atom. The average Bonchev–Trinajstić information content (AvgIpc) is 3.42. The van der Waals surface area contributed by atoms with Gasteiger partial charge in [0.1, 0.15) is 12.4 Å². The molecule has 0 N–H and O–H groups in total. The maximum absolute atomic E-state index is 13.2. The number of hydrogen-bond acceptors (Lipinski definition) is 3. The Hall–Kier alpha value is -2.30. The lowest BCUT2D eigenvalue weighted by molar-refractivity contribution is -0.138. The van der Waals surface area contributed by atoms with Crippen LogP contribution in [0.2, 0.25) is 0 Å². The molecule has 1 aliphatic carbocycles. The third kappa shape index (κ3) is 3.03. The maximum Gasteiger partial charge on any atom is 0.230 e. The zero-order chi connectivity index (χ0) is 17.6. The van der Waals surface area contributed by atoms with E-state index >= 15 is 0 Å². The summed E-state index contributed by atoms with van der Waals surface area (Å²) in [6.45, 7) is 5.24. The quantitative estimate of drug-likeness (QED) is 0.860. The zero-order valence-electron chi connectivity index (χ0n) is 15.2. The third-order valence-corrected chi connectivity index (χ3v) is 5.49. The van der Waals surface area contributed by atoms with Crippen molar-refractivity contribution in [2.24, 2.45) is 13.0 Å². The van der Waals surface area contributed by atoms with Crippen LogP contribution in [0.3, 0.4) is 0 Å². The number of amides is 1. The fraction of sp³-hybridized carbons (Fsp3) is 0.500. The molecule has 2 aliphatic rings. The van der Waals surface area contributed by atoms with Gasteiger partial charge < -0.3 is 9.64 Å². The molecule has 0 saturated heterocycles. The van der Waals surface area contributed by atoms with Crippen molar-refractivity contribution in [3.63, 3.8) is 0 Å². The maximum atomic E-state index is 13.2. The van der Waals surface area contributed by atoms with Gasteiger partial charge >= 0.3 is 0 Å². The topological polar surface area (TPSA) is 47.4 Å². The van der Waals surface area contributed by atoms with Gasteiger partial charge in [-0.25, -0.2) is 0 Å². The molecule has 1 aromatic carbocycles. The molecule has 1 amide bonds. The second-order valence-electron chi connectivity index (χ2n) is 7.29. The Kier molecular flexibility index (Phi) is 4.02. The van der Waals surface area contributed by atoms with Crippen molar-refractivity contribution in [2.45, 2.75) is 45.7 Å². The summed E-state index contributed by atoms with van der Waals surface area (Å²) in [7, 11) is 1.96. The third-order valence-electron chi connectivity index (χ3n) is 5.49. The van der Waals surface area contributed by atoms with E-state index in [1.165, 1.54) is 5.56 Å². The van der Waals surface area contributed by atoms with Crippen molar-refractivity contribution >= 4 is 5.91 Å². The van der Waals surface area contributed by atoms with Gasteiger partial charge in [0.25, 0.3) is 0 Å². The lowest BCUT2D eigenvalue weighted by Crippen LogP contribution is -2.41. The average molecular weight is 339 g/mol. The minimum absolute atomic E-state index is 0.0900. The summed E-state index contributed by atoms with van der Waals surface area (Å²) in [5, 5.41) is 4.50. The predicted molar refractivity (Wildman–Crippen MR) is 95.4 cm³/mol. The zero-order valence-corrected chi connectivity index (χ0v) is 15.2. The van der Waals surface area contributed by atoms with Crippen molar-refractivity contribution in [3.8, 4) is 5.75 Å². The van der Waals surface area contributed by atoms with Gasteiger partial charge in [0, 0.05) is 30.9 Å². The Balaban J connectivity index is 1.54. The summed E-state index contributed by atoms with van der Waals surface area (Å²) in [5.41, 5.74) is 4.47. The molecule has 0 bridgehead atoms. The fourth-order valence-electron chi connectivity index (χ4n) is 3.71. The number of nitrogens with zero attached hydrogens (tertiary/aromatic N) is 3. The van der Waals surface area contributed by atoms with Crippen LogP contribution in [-0.4, -0.2) is 33.2 Å². The van der Waals surface area contributed by atoms with Gasteiger partial charge in [-0.1, -0.05) is 18.2 Å². The molecule has 0 unspecified atom stereocenters. The van der Waals surface area contributed by atoms with Crippen molar-refractivity contribution in [1.82, 2.24) is 14.7 Å². The summed E-state index contributed by atoms with van der Waals surface area (Å²) in [6.07, 6.45) is 2.98. The van der Waals surface area contributed by atoms with Gasteiger partial charge in [0.15, 0.2) is 0 Å². The lowest BCUT2D eigenvalue weighted by atomic mass is 9.95. The fourth-order valence-corrected chi connectivity index (χ4v) is 3.71. The first-order valence-corrected chi connectivity index (χ1v) is 9.05. The smallest absolute Gasteiger partial charge is 0.230 e. The second kappa shape index (κ2) is 6.21. The highest BCUT2D eigenvalue weighted by molar-refractivity contribution is 5.80. The van der Waals surface area contributed by atoms with E-state index in [1.54, 1.807) is 0 Å². The molecule has 2 aromatic rings. The summed E-state index contributed by atoms with van der Waals surface area (Å²) in [4.78, 5) is 15.3. The number of aromatic nitrogens is 2. The monoisotopic (exact) mass is 339 g/mol. The van der Waals surface area contributed by atoms with Crippen LogP contribution in [0.4, 0.5) is 0 Å². The molecular weight excluding hydrogens is 314 g/mol. The number of carbonyl (C=O) groups is 1. The number of carbonyl (C=O) groups excluding carboxylic acids is 1. The lowest BCUT2D eigenvalue weighted by Gasteiger charge is -2.30. The Morgan fingerprint density at radius 2 is 2.08 bits per heavy atom. The van der Waals surface area contributed by atoms with Gasteiger partial charge in [0.2, 0.25) is 5.91 Å². The number of fused-ring (bicyclic) bond motifs is 1. The van der Waals surface area contributed by atoms with Crippen LogP contribution in [0.15, 0.2) is 24.3 Å². The van der Waals surface area contributed by atoms with E-state index in [-0.39, 0.29) is 11.8 Å². The van der Waals surface area contributed by atoms with E-state index in [0.29, 0.717) is 19.2 Å². The number of aryl methyl sites for hydroxylation is 2. The Morgan fingerprint density at radius 1 is 1.32 bits per heavy atom. The van der Waals surface area contributed by atoms with E-state index in [2.05, 4.69) is 23.0 Å². The first-order valence-electron chi connectivity index (χ1n) is 9.05. The summed E-state index contributed by atoms with van der Waals surface area (Å²) in [6, 6.07) is 8.41. The second-order valence-corrected chi connectivity index (χ2v) is 7.29. The number of hydrogen-bond donors (Lipinski definition) is 0. The van der Waals surface area contributed by atoms with Gasteiger partial charge in [-0.05, 0) is 44.7 Å². The summed E-state index contributed by atoms with van der Waals surface area (Å²) in [5.74, 6) is 1.05. The van der Waals surface area contributed by atoms with Crippen LogP contribution in [0.1, 0.15) is 35.4 Å². The van der Waals surface area contributed by atoms with Gasteiger partial charge in [-0.2, -0.15) is 5.10 Å². The largest absolute Gasteiger partial charge is 0.492 e. The first-order chi connectivity index (χ1) is 12.0. The Bertz CT molecular complexity index is 807. The normalized spacial score (nSPS) is 19.2. The van der Waals surface area contributed by atoms with Crippen LogP contribution in [0, 0.1) is 19.8 Å². The van der Waals surface area contributed by atoms with Gasteiger partial charge in [-0.3, -0.25) is 9.48 Å². The molecule has 1 atom stereocenters. The molecule has 1 fully saturated rings. The summed E-state index contributed by atoms with van der Waals surface area (Å²) >= 11 is 0. The van der Waals surface area contributed by atoms with Crippen molar-refractivity contribution in [1.29, 1.82) is 0 Å². The van der Waals surface area contributed by atoms with E-state index < -0.39 is 0 Å². The molecule has 0 radical (unpaired) electrons. The molecular formula is C20H25N3O2. The van der Waals surface area contributed by atoms with Gasteiger partial charge in [0.05, 0.1) is 11.6 Å². The van der Waals surface area contributed by atoms with Crippen molar-refractivity contribution in [2.75, 3.05) is 6.61 Å². The van der Waals surface area contributed by atoms with E-state index in [9.17, 15) is 4.79 Å². The van der Waals surface area contributed by atoms with Crippen LogP contribution in [-0.2, 0) is 24.8 Å². The molecule has 5 nitrogen and oxygen atoms in total. The predicted octanol–water partition coefficient (Wildman–Crippen LogP) is 2.78. The first kappa shape index (κ1) is 16.2. The van der Waals surface area contributed by atoms with Crippen LogP contribution in [0.5, 0.6) is 5.75 Å². The van der Waals surface area contributed by atoms with Crippen LogP contribution >= 0.6 is 0 Å². The summed E-state index contributed by atoms with van der Waals surface area (Å²) < 4.78 is 7.75. The van der Waals surface area contributed by atoms with E-state index in [0.717, 1.165) is 42.0 Å². The molecule has 2 heterocycles. The number of rotatable bonds is 4. The highest BCUT2D eigenvalue weighted by Gasteiger charge is 2.38. The Labute approximate surface area is 148 Å². The molecule has 1 aliphatic heterocycles. The standard InChI is InChI=1S/C20H25N3O2/c1-13-18(14(2)22(3)21-13)11-23(17-8-9-17)20(24)16-10-15-6-4-5-7-19(15)25-12-16/h4-7,16-17H,8-12H2,1-3H3/t16-/m1/s1. The molecule has 5 heteroatoms. The highest BCUT2D eigenvalue weighted by Crippen LogP contribution is 2.33. The van der Waals surface area contributed by atoms with E-state index in [4.69, 9.17) is 4.74 Å². The molecule has 1 saturated carbocycles. The highest BCUT2D eigenvalue weighted by atomic mass is 16.5. The molecule has 1 aromatic heterocycles.